The highest BCUT2D eigenvalue weighted by atomic mass is 32.2. The van der Waals surface area contributed by atoms with E-state index in [0.717, 1.165) is 5.56 Å². The summed E-state index contributed by atoms with van der Waals surface area (Å²) in [6.07, 6.45) is 0. The molecule has 1 aromatic carbocycles. The fraction of sp³-hybridized carbons (Fsp3) is 0.538. The van der Waals surface area contributed by atoms with Crippen LogP contribution < -0.4 is 4.72 Å². The van der Waals surface area contributed by atoms with Crippen molar-refractivity contribution in [3.63, 3.8) is 0 Å². The van der Waals surface area contributed by atoms with Gasteiger partial charge in [0.25, 0.3) is 0 Å². The second-order valence-corrected chi connectivity index (χ2v) is 6.65. The van der Waals surface area contributed by atoms with Crippen molar-refractivity contribution in [3.05, 3.63) is 29.6 Å². The van der Waals surface area contributed by atoms with E-state index in [1.807, 2.05) is 34.6 Å². The van der Waals surface area contributed by atoms with Gasteiger partial charge >= 0.3 is 0 Å². The first-order chi connectivity index (χ1) is 7.70. The molecule has 0 radical (unpaired) electrons. The van der Waals surface area contributed by atoms with Crippen LogP contribution in [0.25, 0.3) is 0 Å². The third-order valence-corrected chi connectivity index (χ3v) is 3.73. The monoisotopic (exact) mass is 257 g/mol. The molecule has 1 unspecified atom stereocenters. The highest BCUT2D eigenvalue weighted by Gasteiger charge is 2.18. The quantitative estimate of drug-likeness (QED) is 0.884. The van der Waals surface area contributed by atoms with Gasteiger partial charge in [-0.15, -0.1) is 0 Å². The number of benzene rings is 1. The molecule has 1 aromatic rings. The van der Waals surface area contributed by atoms with Crippen LogP contribution in [0.3, 0.4) is 0 Å². The fourth-order valence-corrected chi connectivity index (χ4v) is 2.51. The number of hydrogen-bond acceptors (Lipinski definition) is 1. The molecular formula is C13H20FNOS. The average Bonchev–Trinajstić information content (AvgIpc) is 2.14. The zero-order valence-electron chi connectivity index (χ0n) is 11.0. The zero-order chi connectivity index (χ0) is 13.2. The fourth-order valence-electron chi connectivity index (χ4n) is 1.35. The molecular weight excluding hydrogens is 237 g/mol. The second-order valence-electron chi connectivity index (χ2n) is 5.47. The average molecular weight is 257 g/mol. The van der Waals surface area contributed by atoms with Gasteiger partial charge in [-0.2, -0.15) is 0 Å². The van der Waals surface area contributed by atoms with E-state index < -0.39 is 16.8 Å². The molecule has 0 heterocycles. The molecule has 0 saturated heterocycles. The van der Waals surface area contributed by atoms with Crippen molar-refractivity contribution in [3.8, 4) is 0 Å². The van der Waals surface area contributed by atoms with Gasteiger partial charge in [-0.1, -0.05) is 19.9 Å². The van der Waals surface area contributed by atoms with Gasteiger partial charge in [0.2, 0.25) is 0 Å². The van der Waals surface area contributed by atoms with E-state index in [9.17, 15) is 8.60 Å². The van der Waals surface area contributed by atoms with Crippen LogP contribution in [-0.2, 0) is 11.0 Å². The number of halogens is 1. The third-order valence-electron chi connectivity index (χ3n) is 2.22. The van der Waals surface area contributed by atoms with Crippen LogP contribution >= 0.6 is 0 Å². The summed E-state index contributed by atoms with van der Waals surface area (Å²) >= 11 is 0. The van der Waals surface area contributed by atoms with E-state index >= 15 is 0 Å². The highest BCUT2D eigenvalue weighted by Crippen LogP contribution is 2.20. The Morgan fingerprint density at radius 2 is 1.88 bits per heavy atom. The van der Waals surface area contributed by atoms with Crippen molar-refractivity contribution >= 4 is 11.0 Å². The van der Waals surface area contributed by atoms with Crippen molar-refractivity contribution in [1.82, 2.24) is 4.72 Å². The molecule has 0 spiro atoms. The summed E-state index contributed by atoms with van der Waals surface area (Å²) in [4.78, 5) is 0.228. The summed E-state index contributed by atoms with van der Waals surface area (Å²) < 4.78 is 28.5. The Bertz CT molecular complexity index is 424. The summed E-state index contributed by atoms with van der Waals surface area (Å²) in [5.41, 5.74) is 0.677. The molecule has 1 N–H and O–H groups in total. The summed E-state index contributed by atoms with van der Waals surface area (Å²) in [5, 5.41) is 0. The molecule has 0 amide bonds. The van der Waals surface area contributed by atoms with E-state index in [1.54, 1.807) is 12.1 Å². The first-order valence-corrected chi connectivity index (χ1v) is 6.85. The first-order valence-electron chi connectivity index (χ1n) is 5.70. The Labute approximate surface area is 105 Å². The largest absolute Gasteiger partial charge is 0.237 e. The standard InChI is InChI=1S/C13H20FNOS/c1-9(2)10-6-7-11(14)12(8-10)17(16)15-13(3,4)5/h6-9,15H,1-5H3. The van der Waals surface area contributed by atoms with Crippen LogP contribution in [0, 0.1) is 5.82 Å². The van der Waals surface area contributed by atoms with Gasteiger partial charge in [0.15, 0.2) is 0 Å². The SMILES string of the molecule is CC(C)c1ccc(F)c(S(=O)NC(C)(C)C)c1. The highest BCUT2D eigenvalue weighted by molar-refractivity contribution is 7.83. The molecule has 0 aliphatic heterocycles. The molecule has 0 bridgehead atoms. The number of nitrogens with one attached hydrogen (secondary N) is 1. The molecule has 0 aromatic heterocycles. The maximum absolute atomic E-state index is 13.6. The van der Waals surface area contributed by atoms with Crippen LogP contribution in [0.15, 0.2) is 23.1 Å². The predicted molar refractivity (Wildman–Crippen MR) is 69.8 cm³/mol. The normalized spacial score (nSPS) is 14.1. The van der Waals surface area contributed by atoms with E-state index in [0.29, 0.717) is 5.92 Å². The minimum Gasteiger partial charge on any atom is -0.237 e. The van der Waals surface area contributed by atoms with Crippen molar-refractivity contribution in [2.75, 3.05) is 0 Å². The Balaban J connectivity index is 3.04. The molecule has 1 rings (SSSR count). The molecule has 1 atom stereocenters. The second kappa shape index (κ2) is 5.27. The molecule has 0 aliphatic rings. The van der Waals surface area contributed by atoms with Crippen LogP contribution in [0.1, 0.15) is 46.1 Å². The van der Waals surface area contributed by atoms with Gasteiger partial charge in [0, 0.05) is 5.54 Å². The summed E-state index contributed by atoms with van der Waals surface area (Å²) in [6.45, 7) is 9.74. The van der Waals surface area contributed by atoms with Gasteiger partial charge in [-0.25, -0.2) is 13.3 Å². The van der Waals surface area contributed by atoms with Gasteiger partial charge < -0.3 is 0 Å². The van der Waals surface area contributed by atoms with Gasteiger partial charge in [-0.3, -0.25) is 0 Å². The van der Waals surface area contributed by atoms with Crippen LogP contribution in [0.5, 0.6) is 0 Å². The van der Waals surface area contributed by atoms with Gasteiger partial charge in [0.05, 0.1) is 4.90 Å². The molecule has 96 valence electrons. The van der Waals surface area contributed by atoms with Crippen molar-refractivity contribution in [1.29, 1.82) is 0 Å². The maximum Gasteiger partial charge on any atom is 0.140 e. The van der Waals surface area contributed by atoms with Gasteiger partial charge in [-0.05, 0) is 44.4 Å². The summed E-state index contributed by atoms with van der Waals surface area (Å²) in [5.74, 6) is -0.134. The maximum atomic E-state index is 13.6. The zero-order valence-corrected chi connectivity index (χ0v) is 11.8. The first kappa shape index (κ1) is 14.3. The molecule has 4 heteroatoms. The van der Waals surface area contributed by atoms with Gasteiger partial charge in [0.1, 0.15) is 16.8 Å². The van der Waals surface area contributed by atoms with E-state index in [-0.39, 0.29) is 10.4 Å². The Kier molecular flexibility index (Phi) is 4.44. The topological polar surface area (TPSA) is 29.1 Å². The minimum absolute atomic E-state index is 0.228. The Hall–Kier alpha value is -0.740. The molecule has 17 heavy (non-hydrogen) atoms. The van der Waals surface area contributed by atoms with Crippen LogP contribution in [0.2, 0.25) is 0 Å². The van der Waals surface area contributed by atoms with Crippen molar-refractivity contribution < 1.29 is 8.60 Å². The molecule has 0 saturated carbocycles. The van der Waals surface area contributed by atoms with Crippen LogP contribution in [-0.4, -0.2) is 9.75 Å². The van der Waals surface area contributed by atoms with E-state index in [1.165, 1.54) is 6.07 Å². The molecule has 2 nitrogen and oxygen atoms in total. The van der Waals surface area contributed by atoms with Crippen molar-refractivity contribution in [2.24, 2.45) is 0 Å². The van der Waals surface area contributed by atoms with E-state index in [2.05, 4.69) is 4.72 Å². The lowest BCUT2D eigenvalue weighted by Gasteiger charge is -2.20. The van der Waals surface area contributed by atoms with Crippen LogP contribution in [0.4, 0.5) is 4.39 Å². The third kappa shape index (κ3) is 4.21. The summed E-state index contributed by atoms with van der Waals surface area (Å²) in [7, 11) is -1.52. The lowest BCUT2D eigenvalue weighted by molar-refractivity contribution is 0.516. The van der Waals surface area contributed by atoms with Crippen molar-refractivity contribution in [2.45, 2.75) is 51.0 Å². The lowest BCUT2D eigenvalue weighted by Crippen LogP contribution is -2.37. The van der Waals surface area contributed by atoms with E-state index in [4.69, 9.17) is 0 Å². The molecule has 0 aliphatic carbocycles. The number of rotatable bonds is 3. The summed E-state index contributed by atoms with van der Waals surface area (Å²) in [6, 6.07) is 4.79. The Morgan fingerprint density at radius 3 is 2.35 bits per heavy atom. The minimum atomic E-state index is -1.52. The number of hydrogen-bond donors (Lipinski definition) is 1. The smallest absolute Gasteiger partial charge is 0.140 e. The lowest BCUT2D eigenvalue weighted by atomic mass is 10.0. The Morgan fingerprint density at radius 1 is 1.29 bits per heavy atom. The predicted octanol–water partition coefficient (Wildman–Crippen LogP) is 3.36. The molecule has 0 fully saturated rings.